The molecule has 1 aliphatic heterocycles. The number of halogens is 1. The third-order valence-electron chi connectivity index (χ3n) is 4.79. The first-order chi connectivity index (χ1) is 15.2. The number of benzene rings is 2. The maximum atomic E-state index is 13.0. The normalized spacial score (nSPS) is 14.7. The summed E-state index contributed by atoms with van der Waals surface area (Å²) in [6.45, 7) is 1.71. The van der Waals surface area contributed by atoms with E-state index in [1.807, 2.05) is 12.1 Å². The highest BCUT2D eigenvalue weighted by molar-refractivity contribution is 7.16. The highest BCUT2D eigenvalue weighted by Gasteiger charge is 2.29. The van der Waals surface area contributed by atoms with Gasteiger partial charge in [0.05, 0.1) is 33.1 Å². The summed E-state index contributed by atoms with van der Waals surface area (Å²) in [5.41, 5.74) is 2.05. The van der Waals surface area contributed by atoms with E-state index < -0.39 is 11.9 Å². The lowest BCUT2D eigenvalue weighted by molar-refractivity contribution is -0.114. The van der Waals surface area contributed by atoms with E-state index in [-0.39, 0.29) is 22.1 Å². The van der Waals surface area contributed by atoms with Gasteiger partial charge in [-0.3, -0.25) is 4.79 Å². The Morgan fingerprint density at radius 2 is 1.84 bits per heavy atom. The first-order valence-electron chi connectivity index (χ1n) is 9.33. The number of carboxylic acid groups (broad SMARTS) is 2. The average molecular weight is 467 g/mol. The molecule has 7 nitrogen and oxygen atoms in total. The molecule has 0 radical (unpaired) electrons. The van der Waals surface area contributed by atoms with Gasteiger partial charge in [0.25, 0.3) is 5.91 Å². The number of hydrazone groups is 1. The van der Waals surface area contributed by atoms with Gasteiger partial charge >= 0.3 is 11.9 Å². The SMILES string of the molecule is CC1=NN(c2cccc(C(=O)O)c2)C(=O)C1=Cc1ccc(-c2ccc(Cl)c(C(=O)O)c2)s1. The van der Waals surface area contributed by atoms with Crippen LogP contribution in [0.15, 0.2) is 65.3 Å². The molecule has 0 fully saturated rings. The van der Waals surface area contributed by atoms with E-state index in [1.165, 1.54) is 34.5 Å². The molecule has 1 aromatic heterocycles. The van der Waals surface area contributed by atoms with Crippen molar-refractivity contribution in [1.29, 1.82) is 0 Å². The zero-order chi connectivity index (χ0) is 23.0. The van der Waals surface area contributed by atoms with Gasteiger partial charge in [-0.05, 0) is 61.0 Å². The predicted molar refractivity (Wildman–Crippen MR) is 124 cm³/mol. The van der Waals surface area contributed by atoms with Crippen molar-refractivity contribution in [1.82, 2.24) is 0 Å². The molecule has 1 amide bonds. The highest BCUT2D eigenvalue weighted by Crippen LogP contribution is 2.33. The number of hydrogen-bond acceptors (Lipinski definition) is 5. The molecule has 9 heteroatoms. The average Bonchev–Trinajstić information content (AvgIpc) is 3.34. The zero-order valence-corrected chi connectivity index (χ0v) is 18.1. The summed E-state index contributed by atoms with van der Waals surface area (Å²) in [6.07, 6.45) is 1.71. The third-order valence-corrected chi connectivity index (χ3v) is 6.21. The van der Waals surface area contributed by atoms with Gasteiger partial charge in [-0.2, -0.15) is 10.1 Å². The maximum absolute atomic E-state index is 13.0. The number of carbonyl (C=O) groups is 3. The Hall–Kier alpha value is -3.75. The lowest BCUT2D eigenvalue weighted by atomic mass is 10.1. The van der Waals surface area contributed by atoms with Crippen molar-refractivity contribution in [2.45, 2.75) is 6.92 Å². The fourth-order valence-electron chi connectivity index (χ4n) is 3.20. The Morgan fingerprint density at radius 3 is 2.56 bits per heavy atom. The van der Waals surface area contributed by atoms with Crippen molar-refractivity contribution in [2.75, 3.05) is 5.01 Å². The monoisotopic (exact) mass is 466 g/mol. The van der Waals surface area contributed by atoms with Gasteiger partial charge in [-0.15, -0.1) is 11.3 Å². The second-order valence-electron chi connectivity index (χ2n) is 6.92. The number of amides is 1. The van der Waals surface area contributed by atoms with E-state index in [4.69, 9.17) is 11.6 Å². The Labute approximate surface area is 191 Å². The van der Waals surface area contributed by atoms with Crippen molar-refractivity contribution in [3.63, 3.8) is 0 Å². The van der Waals surface area contributed by atoms with Crippen LogP contribution in [0.2, 0.25) is 5.02 Å². The topological polar surface area (TPSA) is 107 Å². The lowest BCUT2D eigenvalue weighted by Crippen LogP contribution is -2.21. The predicted octanol–water partition coefficient (Wildman–Crippen LogP) is 5.27. The van der Waals surface area contributed by atoms with Crippen LogP contribution in [0.4, 0.5) is 5.69 Å². The first-order valence-corrected chi connectivity index (χ1v) is 10.5. The largest absolute Gasteiger partial charge is 0.478 e. The maximum Gasteiger partial charge on any atom is 0.337 e. The van der Waals surface area contributed by atoms with E-state index in [1.54, 1.807) is 37.3 Å². The van der Waals surface area contributed by atoms with Gasteiger partial charge in [-0.25, -0.2) is 9.59 Å². The van der Waals surface area contributed by atoms with Crippen LogP contribution in [0, 0.1) is 0 Å². The Kier molecular flexibility index (Phi) is 5.65. The molecular weight excluding hydrogens is 452 g/mol. The van der Waals surface area contributed by atoms with Gasteiger partial charge < -0.3 is 10.2 Å². The number of thiophene rings is 1. The van der Waals surface area contributed by atoms with Crippen LogP contribution in [0.3, 0.4) is 0 Å². The minimum Gasteiger partial charge on any atom is -0.478 e. The molecule has 2 heterocycles. The summed E-state index contributed by atoms with van der Waals surface area (Å²) in [7, 11) is 0. The summed E-state index contributed by atoms with van der Waals surface area (Å²) >= 11 is 7.34. The van der Waals surface area contributed by atoms with Gasteiger partial charge in [0.1, 0.15) is 0 Å². The van der Waals surface area contributed by atoms with Crippen molar-refractivity contribution < 1.29 is 24.6 Å². The molecule has 0 bridgehead atoms. The second kappa shape index (κ2) is 8.41. The molecule has 0 aliphatic carbocycles. The van der Waals surface area contributed by atoms with Crippen LogP contribution in [-0.2, 0) is 4.79 Å². The molecule has 0 spiro atoms. The van der Waals surface area contributed by atoms with Crippen molar-refractivity contribution in [2.24, 2.45) is 5.10 Å². The van der Waals surface area contributed by atoms with Crippen LogP contribution >= 0.6 is 22.9 Å². The number of anilines is 1. The lowest BCUT2D eigenvalue weighted by Gasteiger charge is -2.12. The number of hydrogen-bond donors (Lipinski definition) is 2. The van der Waals surface area contributed by atoms with Gasteiger partial charge in [0.15, 0.2) is 0 Å². The molecule has 2 N–H and O–H groups in total. The molecule has 0 atom stereocenters. The third kappa shape index (κ3) is 4.05. The Bertz CT molecular complexity index is 1340. The smallest absolute Gasteiger partial charge is 0.337 e. The molecule has 2 aromatic carbocycles. The zero-order valence-electron chi connectivity index (χ0n) is 16.6. The van der Waals surface area contributed by atoms with Crippen molar-refractivity contribution in [3.05, 3.63) is 81.2 Å². The Balaban J connectivity index is 1.63. The molecule has 4 rings (SSSR count). The Morgan fingerprint density at radius 1 is 1.06 bits per heavy atom. The van der Waals surface area contributed by atoms with Gasteiger partial charge in [0, 0.05) is 9.75 Å². The summed E-state index contributed by atoms with van der Waals surface area (Å²) in [5.74, 6) is -2.56. The van der Waals surface area contributed by atoms with Crippen LogP contribution in [0.5, 0.6) is 0 Å². The van der Waals surface area contributed by atoms with E-state index in [0.29, 0.717) is 22.5 Å². The number of carboxylic acids is 2. The number of aromatic carboxylic acids is 2. The molecule has 0 unspecified atom stereocenters. The molecule has 160 valence electrons. The fraction of sp³-hybridized carbons (Fsp3) is 0.0435. The number of nitrogens with zero attached hydrogens (tertiary/aromatic N) is 2. The molecule has 32 heavy (non-hydrogen) atoms. The first kappa shape index (κ1) is 21.5. The van der Waals surface area contributed by atoms with E-state index in [9.17, 15) is 24.6 Å². The fourth-order valence-corrected chi connectivity index (χ4v) is 4.35. The number of rotatable bonds is 5. The van der Waals surface area contributed by atoms with E-state index >= 15 is 0 Å². The minimum atomic E-state index is -1.11. The van der Waals surface area contributed by atoms with Crippen molar-refractivity contribution in [3.8, 4) is 10.4 Å². The quantitative estimate of drug-likeness (QED) is 0.498. The molecular formula is C23H15ClN2O5S. The highest BCUT2D eigenvalue weighted by atomic mass is 35.5. The van der Waals surface area contributed by atoms with Crippen LogP contribution < -0.4 is 5.01 Å². The number of carbonyl (C=O) groups excluding carboxylic acids is 1. The second-order valence-corrected chi connectivity index (χ2v) is 8.44. The van der Waals surface area contributed by atoms with Gasteiger partial charge in [0.2, 0.25) is 0 Å². The molecule has 1 aliphatic rings. The van der Waals surface area contributed by atoms with Crippen LogP contribution in [-0.4, -0.2) is 33.8 Å². The summed E-state index contributed by atoms with van der Waals surface area (Å²) in [5, 5.41) is 24.1. The summed E-state index contributed by atoms with van der Waals surface area (Å²) in [4.78, 5) is 37.1. The molecule has 0 saturated heterocycles. The minimum absolute atomic E-state index is 0.0191. The van der Waals surface area contributed by atoms with E-state index in [2.05, 4.69) is 5.10 Å². The molecule has 0 saturated carbocycles. The standard InChI is InChI=1S/C23H15ClN2O5S/c1-12-17(21(27)26(25-12)15-4-2-3-14(9-15)22(28)29)11-16-6-8-20(32-16)13-5-7-19(24)18(10-13)23(30)31/h2-11H,1H3,(H,28,29)(H,30,31). The van der Waals surface area contributed by atoms with Gasteiger partial charge in [-0.1, -0.05) is 23.7 Å². The van der Waals surface area contributed by atoms with Crippen molar-refractivity contribution >= 4 is 58.3 Å². The summed E-state index contributed by atoms with van der Waals surface area (Å²) in [6, 6.07) is 14.5. The van der Waals surface area contributed by atoms with Crippen LogP contribution in [0.1, 0.15) is 32.5 Å². The summed E-state index contributed by atoms with van der Waals surface area (Å²) < 4.78 is 0. The van der Waals surface area contributed by atoms with E-state index in [0.717, 1.165) is 9.75 Å². The van der Waals surface area contributed by atoms with Crippen LogP contribution in [0.25, 0.3) is 16.5 Å². The molecule has 3 aromatic rings.